The van der Waals surface area contributed by atoms with E-state index in [0.29, 0.717) is 16.7 Å². The first kappa shape index (κ1) is 28.0. The van der Waals surface area contributed by atoms with E-state index in [9.17, 15) is 15.3 Å². The maximum Gasteiger partial charge on any atom is 0.231 e. The number of aliphatic hydroxyl groups is 3. The molecule has 0 aliphatic carbocycles. The zero-order chi connectivity index (χ0) is 28.3. The van der Waals surface area contributed by atoms with Gasteiger partial charge in [-0.05, 0) is 58.2 Å². The van der Waals surface area contributed by atoms with Gasteiger partial charge in [0.2, 0.25) is 17.8 Å². The van der Waals surface area contributed by atoms with Crippen molar-refractivity contribution in [1.82, 2.24) is 15.0 Å². The van der Waals surface area contributed by atoms with Crippen LogP contribution in [0.5, 0.6) is 0 Å². The first-order valence-corrected chi connectivity index (χ1v) is 12.8. The molecule has 0 aliphatic rings. The summed E-state index contributed by atoms with van der Waals surface area (Å²) in [4.78, 5) is 13.1. The van der Waals surface area contributed by atoms with Crippen LogP contribution in [0.25, 0.3) is 0 Å². The maximum absolute atomic E-state index is 10.9. The Bertz CT molecular complexity index is 1290. The molecule has 1 aromatic heterocycles. The van der Waals surface area contributed by atoms with E-state index >= 15 is 0 Å². The Morgan fingerprint density at radius 2 is 0.718 bits per heavy atom. The molecule has 39 heavy (non-hydrogen) atoms. The molecule has 0 amide bonds. The first-order valence-electron chi connectivity index (χ1n) is 12.8. The molecule has 3 aromatic carbocycles. The average Bonchev–Trinajstić information content (AvgIpc) is 2.83. The summed E-state index contributed by atoms with van der Waals surface area (Å²) in [6.07, 6.45) is -3.29. The normalized spacial score (nSPS) is 13.5. The molecular formula is C30H36N6O3. The zero-order valence-corrected chi connectivity index (χ0v) is 23.1. The summed E-state index contributed by atoms with van der Waals surface area (Å²) >= 11 is 0. The summed E-state index contributed by atoms with van der Waals surface area (Å²) in [7, 11) is 0. The van der Waals surface area contributed by atoms with Gasteiger partial charge in [0.25, 0.3) is 0 Å². The van der Waals surface area contributed by atoms with Crippen molar-refractivity contribution in [3.8, 4) is 0 Å². The Hall–Kier alpha value is -4.05. The standard InChI is InChI=1S/C30H36N6O3/c1-16-7-10-22(19(4)13-16)25(37)31-28-34-29(32-26(38)23-11-8-17(2)14-20(23)5)36-30(35-28)33-27(39)24-12-9-18(3)15-21(24)6/h7-15,25-27,37-39H,1-6H3,(H3,31,32,33,34,35,36). The number of rotatable bonds is 9. The van der Waals surface area contributed by atoms with Gasteiger partial charge >= 0.3 is 0 Å². The van der Waals surface area contributed by atoms with Crippen LogP contribution in [0.15, 0.2) is 54.6 Å². The van der Waals surface area contributed by atoms with Crippen molar-refractivity contribution in [2.75, 3.05) is 16.0 Å². The lowest BCUT2D eigenvalue weighted by Gasteiger charge is -2.20. The third-order valence-corrected chi connectivity index (χ3v) is 6.59. The highest BCUT2D eigenvalue weighted by atomic mass is 16.3. The van der Waals surface area contributed by atoms with E-state index in [4.69, 9.17) is 0 Å². The van der Waals surface area contributed by atoms with Crippen LogP contribution in [-0.2, 0) is 0 Å². The van der Waals surface area contributed by atoms with E-state index in [1.165, 1.54) is 0 Å². The van der Waals surface area contributed by atoms with Crippen LogP contribution >= 0.6 is 0 Å². The molecule has 0 bridgehead atoms. The van der Waals surface area contributed by atoms with Gasteiger partial charge in [-0.2, -0.15) is 15.0 Å². The van der Waals surface area contributed by atoms with Crippen molar-refractivity contribution in [3.63, 3.8) is 0 Å². The van der Waals surface area contributed by atoms with E-state index in [-0.39, 0.29) is 17.8 Å². The topological polar surface area (TPSA) is 135 Å². The Balaban J connectivity index is 1.65. The minimum absolute atomic E-state index is 0.0585. The van der Waals surface area contributed by atoms with Gasteiger partial charge in [-0.15, -0.1) is 0 Å². The summed E-state index contributed by atoms with van der Waals surface area (Å²) in [6.45, 7) is 11.7. The minimum atomic E-state index is -1.10. The summed E-state index contributed by atoms with van der Waals surface area (Å²) in [5.74, 6) is 0.175. The van der Waals surface area contributed by atoms with E-state index in [2.05, 4.69) is 30.9 Å². The number of nitrogens with one attached hydrogen (secondary N) is 3. The van der Waals surface area contributed by atoms with Crippen molar-refractivity contribution in [2.45, 2.75) is 60.2 Å². The summed E-state index contributed by atoms with van der Waals surface area (Å²) < 4.78 is 0. The lowest BCUT2D eigenvalue weighted by atomic mass is 10.0. The molecule has 9 heteroatoms. The van der Waals surface area contributed by atoms with Gasteiger partial charge in [-0.3, -0.25) is 0 Å². The molecule has 1 heterocycles. The van der Waals surface area contributed by atoms with Crippen molar-refractivity contribution >= 4 is 17.8 Å². The number of hydrogen-bond donors (Lipinski definition) is 6. The van der Waals surface area contributed by atoms with E-state index in [1.807, 2.05) is 96.1 Å². The van der Waals surface area contributed by atoms with Gasteiger partial charge in [0, 0.05) is 16.7 Å². The predicted molar refractivity (Wildman–Crippen MR) is 153 cm³/mol. The largest absolute Gasteiger partial charge is 0.369 e. The molecule has 0 radical (unpaired) electrons. The molecule has 3 atom stereocenters. The average molecular weight is 529 g/mol. The number of anilines is 3. The zero-order valence-electron chi connectivity index (χ0n) is 23.1. The van der Waals surface area contributed by atoms with Gasteiger partial charge in [0.1, 0.15) is 0 Å². The van der Waals surface area contributed by atoms with Crippen LogP contribution in [0.3, 0.4) is 0 Å². The number of aliphatic hydroxyl groups excluding tert-OH is 3. The van der Waals surface area contributed by atoms with Crippen molar-refractivity contribution in [3.05, 3.63) is 105 Å². The lowest BCUT2D eigenvalue weighted by Crippen LogP contribution is -2.20. The highest BCUT2D eigenvalue weighted by Gasteiger charge is 2.19. The molecule has 204 valence electrons. The van der Waals surface area contributed by atoms with Crippen LogP contribution < -0.4 is 16.0 Å². The number of aryl methyl sites for hydroxylation is 6. The molecular weight excluding hydrogens is 492 g/mol. The van der Waals surface area contributed by atoms with Crippen LogP contribution in [0, 0.1) is 41.5 Å². The van der Waals surface area contributed by atoms with E-state index in [1.54, 1.807) is 0 Å². The number of hydrogen-bond acceptors (Lipinski definition) is 9. The van der Waals surface area contributed by atoms with Crippen molar-refractivity contribution in [2.24, 2.45) is 0 Å². The van der Waals surface area contributed by atoms with E-state index < -0.39 is 18.7 Å². The Morgan fingerprint density at radius 1 is 0.462 bits per heavy atom. The predicted octanol–water partition coefficient (Wildman–Crippen LogP) is 5.03. The van der Waals surface area contributed by atoms with Gasteiger partial charge in [-0.25, -0.2) is 0 Å². The molecule has 9 nitrogen and oxygen atoms in total. The molecule has 0 saturated carbocycles. The molecule has 3 unspecified atom stereocenters. The third kappa shape index (κ3) is 6.88. The molecule has 4 rings (SSSR count). The van der Waals surface area contributed by atoms with Gasteiger partial charge in [0.15, 0.2) is 18.7 Å². The SMILES string of the molecule is Cc1ccc(C(O)Nc2nc(NC(O)c3ccc(C)cc3C)nc(NC(O)c3ccc(C)cc3C)n2)c(C)c1. The van der Waals surface area contributed by atoms with Gasteiger partial charge < -0.3 is 31.3 Å². The quantitative estimate of drug-likeness (QED) is 0.165. The fourth-order valence-electron chi connectivity index (χ4n) is 4.57. The first-order chi connectivity index (χ1) is 18.5. The van der Waals surface area contributed by atoms with Gasteiger partial charge in [-0.1, -0.05) is 71.3 Å². The fraction of sp³-hybridized carbons (Fsp3) is 0.300. The Labute approximate surface area is 229 Å². The highest BCUT2D eigenvalue weighted by Crippen LogP contribution is 2.25. The third-order valence-electron chi connectivity index (χ3n) is 6.59. The Kier molecular flexibility index (Phi) is 8.44. The van der Waals surface area contributed by atoms with Crippen LogP contribution in [0.4, 0.5) is 17.8 Å². The second kappa shape index (κ2) is 11.8. The summed E-state index contributed by atoms with van der Waals surface area (Å²) in [5.41, 5.74) is 8.03. The molecule has 0 spiro atoms. The second-order valence-corrected chi connectivity index (χ2v) is 10.0. The van der Waals surface area contributed by atoms with Crippen LogP contribution in [0.2, 0.25) is 0 Å². The minimum Gasteiger partial charge on any atom is -0.369 e. The van der Waals surface area contributed by atoms with E-state index in [0.717, 1.165) is 33.4 Å². The highest BCUT2D eigenvalue weighted by molar-refractivity contribution is 5.47. The number of benzene rings is 3. The molecule has 6 N–H and O–H groups in total. The number of aromatic nitrogens is 3. The van der Waals surface area contributed by atoms with Gasteiger partial charge in [0.05, 0.1) is 0 Å². The van der Waals surface area contributed by atoms with Crippen molar-refractivity contribution in [1.29, 1.82) is 0 Å². The monoisotopic (exact) mass is 528 g/mol. The van der Waals surface area contributed by atoms with Crippen LogP contribution in [0.1, 0.15) is 68.8 Å². The lowest BCUT2D eigenvalue weighted by molar-refractivity contribution is 0.204. The Morgan fingerprint density at radius 3 is 0.949 bits per heavy atom. The summed E-state index contributed by atoms with van der Waals surface area (Å²) in [5, 5.41) is 41.5. The second-order valence-electron chi connectivity index (χ2n) is 10.0. The number of nitrogens with zero attached hydrogens (tertiary/aromatic N) is 3. The molecule has 0 fully saturated rings. The maximum atomic E-state index is 10.9. The molecule has 0 saturated heterocycles. The van der Waals surface area contributed by atoms with Crippen LogP contribution in [-0.4, -0.2) is 30.3 Å². The van der Waals surface area contributed by atoms with Crippen molar-refractivity contribution < 1.29 is 15.3 Å². The molecule has 4 aromatic rings. The summed E-state index contributed by atoms with van der Waals surface area (Å²) in [6, 6.07) is 17.2. The molecule has 0 aliphatic heterocycles. The smallest absolute Gasteiger partial charge is 0.231 e. The fourth-order valence-corrected chi connectivity index (χ4v) is 4.57.